The summed E-state index contributed by atoms with van der Waals surface area (Å²) in [4.78, 5) is 4.54. The van der Waals surface area contributed by atoms with Crippen LogP contribution in [-0.2, 0) is 16.8 Å². The van der Waals surface area contributed by atoms with Gasteiger partial charge in [-0.1, -0.05) is 5.16 Å². The number of nitrogens with zero attached hydrogens (tertiary/aromatic N) is 2. The van der Waals surface area contributed by atoms with Crippen LogP contribution >= 0.6 is 0 Å². The van der Waals surface area contributed by atoms with Crippen molar-refractivity contribution in [2.75, 3.05) is 20.2 Å². The molecule has 1 atom stereocenters. The van der Waals surface area contributed by atoms with E-state index in [1.54, 1.807) is 7.11 Å². The van der Waals surface area contributed by atoms with Crippen molar-refractivity contribution in [3.63, 3.8) is 0 Å². The highest BCUT2D eigenvalue weighted by Crippen LogP contribution is 2.42. The van der Waals surface area contributed by atoms with Crippen molar-refractivity contribution in [3.05, 3.63) is 11.7 Å². The summed E-state index contributed by atoms with van der Waals surface area (Å²) in [6, 6.07) is 0. The molecule has 1 saturated carbocycles. The van der Waals surface area contributed by atoms with E-state index in [-0.39, 0.29) is 5.60 Å². The third-order valence-corrected chi connectivity index (χ3v) is 4.59. The van der Waals surface area contributed by atoms with Gasteiger partial charge in [0.1, 0.15) is 5.60 Å². The molecule has 1 saturated heterocycles. The van der Waals surface area contributed by atoms with Gasteiger partial charge in [-0.3, -0.25) is 0 Å². The smallest absolute Gasteiger partial charge is 0.226 e. The van der Waals surface area contributed by atoms with Crippen molar-refractivity contribution >= 4 is 0 Å². The minimum absolute atomic E-state index is 0.256. The Labute approximate surface area is 114 Å². The molecule has 1 aromatic rings. The van der Waals surface area contributed by atoms with Gasteiger partial charge in [-0.05, 0) is 57.5 Å². The average Bonchev–Trinajstić information content (AvgIpc) is 2.86. The van der Waals surface area contributed by atoms with Crippen LogP contribution < -0.4 is 5.32 Å². The Balaban J connectivity index is 1.55. The molecule has 5 nitrogen and oxygen atoms in total. The molecule has 1 unspecified atom stereocenters. The first-order chi connectivity index (χ1) is 9.32. The van der Waals surface area contributed by atoms with Gasteiger partial charge in [0.05, 0.1) is 0 Å². The molecule has 0 radical (unpaired) electrons. The summed E-state index contributed by atoms with van der Waals surface area (Å²) in [5.41, 5.74) is -0.256. The molecule has 2 heterocycles. The van der Waals surface area contributed by atoms with Gasteiger partial charge in [-0.15, -0.1) is 0 Å². The Morgan fingerprint density at radius 1 is 1.42 bits per heavy atom. The number of hydrogen-bond acceptors (Lipinski definition) is 5. The Morgan fingerprint density at radius 3 is 2.95 bits per heavy atom. The zero-order chi connectivity index (χ0) is 13.1. The largest absolute Gasteiger partial charge is 0.370 e. The van der Waals surface area contributed by atoms with Gasteiger partial charge in [-0.2, -0.15) is 4.98 Å². The lowest BCUT2D eigenvalue weighted by atomic mass is 9.79. The first-order valence-corrected chi connectivity index (χ1v) is 7.41. The van der Waals surface area contributed by atoms with Crippen LogP contribution in [0.15, 0.2) is 4.52 Å². The standard InChI is InChI=1S/C14H23N3O2/c1-18-14(7-3-8-14)13-16-12(19-17-13)6-5-11-4-2-9-15-10-11/h11,15H,2-10H2,1H3. The zero-order valence-corrected chi connectivity index (χ0v) is 11.7. The number of nitrogens with one attached hydrogen (secondary N) is 1. The summed E-state index contributed by atoms with van der Waals surface area (Å²) in [5.74, 6) is 2.27. The van der Waals surface area contributed by atoms with E-state index in [1.165, 1.54) is 19.3 Å². The summed E-state index contributed by atoms with van der Waals surface area (Å²) >= 11 is 0. The average molecular weight is 265 g/mol. The van der Waals surface area contributed by atoms with E-state index < -0.39 is 0 Å². The normalized spacial score (nSPS) is 26.1. The van der Waals surface area contributed by atoms with Crippen LogP contribution in [0.5, 0.6) is 0 Å². The van der Waals surface area contributed by atoms with Crippen molar-refractivity contribution in [1.82, 2.24) is 15.5 Å². The molecule has 0 spiro atoms. The predicted octanol–water partition coefficient (Wildman–Crippen LogP) is 2.03. The van der Waals surface area contributed by atoms with Gasteiger partial charge < -0.3 is 14.6 Å². The van der Waals surface area contributed by atoms with Gasteiger partial charge >= 0.3 is 0 Å². The van der Waals surface area contributed by atoms with Gasteiger partial charge in [0.25, 0.3) is 0 Å². The maximum absolute atomic E-state index is 5.57. The topological polar surface area (TPSA) is 60.2 Å². The number of aryl methyl sites for hydroxylation is 1. The van der Waals surface area contributed by atoms with Crippen molar-refractivity contribution in [2.45, 2.75) is 50.5 Å². The minimum atomic E-state index is -0.256. The number of ether oxygens (including phenoxy) is 1. The SMILES string of the molecule is COC1(c2noc(CCC3CCCNC3)n2)CCC1. The first-order valence-electron chi connectivity index (χ1n) is 7.41. The summed E-state index contributed by atoms with van der Waals surface area (Å²) < 4.78 is 11.0. The minimum Gasteiger partial charge on any atom is -0.370 e. The van der Waals surface area contributed by atoms with E-state index in [9.17, 15) is 0 Å². The van der Waals surface area contributed by atoms with E-state index in [2.05, 4.69) is 15.5 Å². The molecule has 5 heteroatoms. The van der Waals surface area contributed by atoms with Crippen molar-refractivity contribution in [2.24, 2.45) is 5.92 Å². The first kappa shape index (κ1) is 13.1. The summed E-state index contributed by atoms with van der Waals surface area (Å²) in [6.07, 6.45) is 7.83. The van der Waals surface area contributed by atoms with E-state index in [0.717, 1.165) is 56.4 Å². The van der Waals surface area contributed by atoms with Crippen LogP contribution in [0, 0.1) is 5.92 Å². The molecule has 1 aliphatic carbocycles. The second-order valence-corrected chi connectivity index (χ2v) is 5.81. The molecule has 1 N–H and O–H groups in total. The summed E-state index contributed by atoms with van der Waals surface area (Å²) in [7, 11) is 1.74. The van der Waals surface area contributed by atoms with Crippen LogP contribution in [0.2, 0.25) is 0 Å². The van der Waals surface area contributed by atoms with E-state index in [0.29, 0.717) is 0 Å². The third-order valence-electron chi connectivity index (χ3n) is 4.59. The molecule has 1 aromatic heterocycles. The molecule has 0 bridgehead atoms. The van der Waals surface area contributed by atoms with Gasteiger partial charge in [-0.25, -0.2) is 0 Å². The molecule has 3 rings (SSSR count). The number of methoxy groups -OCH3 is 1. The summed E-state index contributed by atoms with van der Waals surface area (Å²) in [5, 5.41) is 7.56. The van der Waals surface area contributed by atoms with Crippen LogP contribution in [0.25, 0.3) is 0 Å². The fourth-order valence-corrected chi connectivity index (χ4v) is 3.06. The van der Waals surface area contributed by atoms with Gasteiger partial charge in [0.2, 0.25) is 11.7 Å². The van der Waals surface area contributed by atoms with Crippen LogP contribution in [0.3, 0.4) is 0 Å². The highest BCUT2D eigenvalue weighted by Gasteiger charge is 2.43. The predicted molar refractivity (Wildman–Crippen MR) is 70.8 cm³/mol. The quantitative estimate of drug-likeness (QED) is 0.882. The molecular formula is C14H23N3O2. The van der Waals surface area contributed by atoms with Crippen molar-refractivity contribution in [3.8, 4) is 0 Å². The second-order valence-electron chi connectivity index (χ2n) is 5.81. The number of aromatic nitrogens is 2. The highest BCUT2D eigenvalue weighted by atomic mass is 16.5. The van der Waals surface area contributed by atoms with E-state index >= 15 is 0 Å². The fraction of sp³-hybridized carbons (Fsp3) is 0.857. The molecule has 0 amide bonds. The molecule has 106 valence electrons. The zero-order valence-electron chi connectivity index (χ0n) is 11.7. The van der Waals surface area contributed by atoms with Crippen molar-refractivity contribution < 1.29 is 9.26 Å². The lowest BCUT2D eigenvalue weighted by Gasteiger charge is -2.37. The Morgan fingerprint density at radius 2 is 2.32 bits per heavy atom. The lowest BCUT2D eigenvalue weighted by molar-refractivity contribution is -0.0858. The third kappa shape index (κ3) is 2.67. The van der Waals surface area contributed by atoms with E-state index in [1.807, 2.05) is 0 Å². The maximum atomic E-state index is 5.57. The number of hydrogen-bond donors (Lipinski definition) is 1. The fourth-order valence-electron chi connectivity index (χ4n) is 3.06. The van der Waals surface area contributed by atoms with Crippen LogP contribution in [0.1, 0.15) is 50.2 Å². The maximum Gasteiger partial charge on any atom is 0.226 e. The van der Waals surface area contributed by atoms with Crippen molar-refractivity contribution in [1.29, 1.82) is 0 Å². The van der Waals surface area contributed by atoms with E-state index in [4.69, 9.17) is 9.26 Å². The number of rotatable bonds is 5. The monoisotopic (exact) mass is 265 g/mol. The second kappa shape index (κ2) is 5.59. The number of piperidine rings is 1. The molecule has 2 aliphatic rings. The molecule has 2 fully saturated rings. The Kier molecular flexibility index (Phi) is 3.84. The summed E-state index contributed by atoms with van der Waals surface area (Å²) in [6.45, 7) is 2.29. The molecule has 19 heavy (non-hydrogen) atoms. The Hall–Kier alpha value is -0.940. The van der Waals surface area contributed by atoms with Crippen LogP contribution in [0.4, 0.5) is 0 Å². The molecule has 1 aliphatic heterocycles. The molecular weight excluding hydrogens is 242 g/mol. The highest BCUT2D eigenvalue weighted by molar-refractivity contribution is 5.06. The van der Waals surface area contributed by atoms with Crippen LogP contribution in [-0.4, -0.2) is 30.3 Å². The van der Waals surface area contributed by atoms with Gasteiger partial charge in [0, 0.05) is 13.5 Å². The molecule has 0 aromatic carbocycles. The van der Waals surface area contributed by atoms with Gasteiger partial charge in [0.15, 0.2) is 0 Å². The lowest BCUT2D eigenvalue weighted by Crippen LogP contribution is -2.37. The Bertz CT molecular complexity index is 403.